The maximum absolute atomic E-state index is 12.9. The highest BCUT2D eigenvalue weighted by atomic mass is 35.5. The molecule has 0 unspecified atom stereocenters. The summed E-state index contributed by atoms with van der Waals surface area (Å²) < 4.78 is 0. The third kappa shape index (κ3) is 3.80. The van der Waals surface area contributed by atoms with Gasteiger partial charge in [0.1, 0.15) is 0 Å². The summed E-state index contributed by atoms with van der Waals surface area (Å²) in [5.74, 6) is -0.261. The van der Waals surface area contributed by atoms with Crippen molar-refractivity contribution in [2.24, 2.45) is 0 Å². The molecule has 1 fully saturated rings. The first-order chi connectivity index (χ1) is 14.2. The topological polar surface area (TPSA) is 40.6 Å². The standard InChI is InChI=1S/C24H23ClN2O2S/c1-15-13-24(2,3)26(4)20-10-7-17(11-19(15)20)12-21-22(28)27(23(29)30-21)14-16-5-8-18(25)9-6-16/h5-13H,14H2,1-4H3/b21-12+. The number of fused-ring (bicyclic) bond motifs is 1. The normalized spacial score (nSPS) is 19.4. The highest BCUT2D eigenvalue weighted by molar-refractivity contribution is 8.18. The van der Waals surface area contributed by atoms with Gasteiger partial charge in [0.2, 0.25) is 0 Å². The van der Waals surface area contributed by atoms with E-state index >= 15 is 0 Å². The second-order valence-corrected chi connectivity index (χ2v) is 9.64. The average molecular weight is 439 g/mol. The molecule has 2 aromatic carbocycles. The van der Waals surface area contributed by atoms with Gasteiger partial charge in [0.15, 0.2) is 0 Å². The van der Waals surface area contributed by atoms with Crippen molar-refractivity contribution in [1.29, 1.82) is 0 Å². The van der Waals surface area contributed by atoms with E-state index in [4.69, 9.17) is 11.6 Å². The summed E-state index contributed by atoms with van der Waals surface area (Å²) in [4.78, 5) is 29.3. The Kier molecular flexibility index (Phi) is 5.28. The molecule has 0 aliphatic carbocycles. The molecule has 2 aromatic rings. The monoisotopic (exact) mass is 438 g/mol. The minimum absolute atomic E-state index is 0.0527. The highest BCUT2D eigenvalue weighted by Gasteiger charge is 2.35. The smallest absolute Gasteiger partial charge is 0.293 e. The van der Waals surface area contributed by atoms with E-state index in [1.165, 1.54) is 10.5 Å². The number of benzene rings is 2. The predicted molar refractivity (Wildman–Crippen MR) is 126 cm³/mol. The van der Waals surface area contributed by atoms with E-state index in [9.17, 15) is 9.59 Å². The van der Waals surface area contributed by atoms with Crippen LogP contribution in [0.5, 0.6) is 0 Å². The Balaban J connectivity index is 1.60. The van der Waals surface area contributed by atoms with Gasteiger partial charge < -0.3 is 4.90 Å². The lowest BCUT2D eigenvalue weighted by Gasteiger charge is -2.40. The van der Waals surface area contributed by atoms with E-state index in [0.29, 0.717) is 9.93 Å². The van der Waals surface area contributed by atoms with E-state index < -0.39 is 0 Å². The summed E-state index contributed by atoms with van der Waals surface area (Å²) in [6.07, 6.45) is 4.05. The first-order valence-electron chi connectivity index (χ1n) is 9.73. The van der Waals surface area contributed by atoms with Crippen LogP contribution in [0.2, 0.25) is 5.02 Å². The number of thioether (sulfide) groups is 1. The van der Waals surface area contributed by atoms with Crippen LogP contribution in [-0.2, 0) is 11.3 Å². The number of carbonyl (C=O) groups is 2. The molecule has 4 nitrogen and oxygen atoms in total. The summed E-state index contributed by atoms with van der Waals surface area (Å²) in [6.45, 7) is 6.72. The van der Waals surface area contributed by atoms with Crippen molar-refractivity contribution in [3.05, 3.63) is 75.2 Å². The Morgan fingerprint density at radius 1 is 1.10 bits per heavy atom. The minimum Gasteiger partial charge on any atom is -0.366 e. The van der Waals surface area contributed by atoms with E-state index in [0.717, 1.165) is 34.1 Å². The van der Waals surface area contributed by atoms with Crippen LogP contribution >= 0.6 is 23.4 Å². The lowest BCUT2D eigenvalue weighted by Crippen LogP contribution is -2.42. The van der Waals surface area contributed by atoms with Crippen LogP contribution < -0.4 is 4.90 Å². The molecule has 0 spiro atoms. The number of allylic oxidation sites excluding steroid dienone is 1. The summed E-state index contributed by atoms with van der Waals surface area (Å²) in [5.41, 5.74) is 5.23. The number of imide groups is 1. The average Bonchev–Trinajstić information content (AvgIpc) is 2.95. The fourth-order valence-corrected chi connectivity index (χ4v) is 4.79. The van der Waals surface area contributed by atoms with Crippen LogP contribution in [0.4, 0.5) is 10.5 Å². The molecule has 2 amide bonds. The Bertz CT molecular complexity index is 1100. The summed E-state index contributed by atoms with van der Waals surface area (Å²) >= 11 is 6.90. The second kappa shape index (κ2) is 7.64. The highest BCUT2D eigenvalue weighted by Crippen LogP contribution is 2.39. The number of carbonyl (C=O) groups excluding carboxylic acids is 2. The molecule has 154 valence electrons. The first kappa shape index (κ1) is 20.8. The van der Waals surface area contributed by atoms with Crippen molar-refractivity contribution in [3.63, 3.8) is 0 Å². The number of likely N-dealkylation sites (N-methyl/N-ethyl adjacent to an activating group) is 1. The second-order valence-electron chi connectivity index (χ2n) is 8.21. The van der Waals surface area contributed by atoms with Crippen molar-refractivity contribution in [1.82, 2.24) is 4.90 Å². The number of anilines is 1. The number of hydrogen-bond donors (Lipinski definition) is 0. The fraction of sp³-hybridized carbons (Fsp3) is 0.250. The molecule has 2 heterocycles. The van der Waals surface area contributed by atoms with Gasteiger partial charge in [-0.05, 0) is 79.6 Å². The molecule has 6 heteroatoms. The van der Waals surface area contributed by atoms with Gasteiger partial charge >= 0.3 is 0 Å². The van der Waals surface area contributed by atoms with Crippen molar-refractivity contribution in [2.45, 2.75) is 32.9 Å². The van der Waals surface area contributed by atoms with E-state index in [1.54, 1.807) is 18.2 Å². The van der Waals surface area contributed by atoms with Gasteiger partial charge in [-0.3, -0.25) is 14.5 Å². The van der Waals surface area contributed by atoms with E-state index in [1.807, 2.05) is 18.2 Å². The molecule has 30 heavy (non-hydrogen) atoms. The van der Waals surface area contributed by atoms with E-state index in [-0.39, 0.29) is 23.2 Å². The molecule has 0 bridgehead atoms. The van der Waals surface area contributed by atoms with Crippen LogP contribution in [0.1, 0.15) is 37.5 Å². The molecule has 4 rings (SSSR count). The zero-order valence-corrected chi connectivity index (χ0v) is 19.0. The van der Waals surface area contributed by atoms with E-state index in [2.05, 4.69) is 50.9 Å². The van der Waals surface area contributed by atoms with Gasteiger partial charge in [-0.2, -0.15) is 0 Å². The fourth-order valence-electron chi connectivity index (χ4n) is 3.83. The number of nitrogens with zero attached hydrogens (tertiary/aromatic N) is 2. The van der Waals surface area contributed by atoms with Gasteiger partial charge in [-0.1, -0.05) is 35.9 Å². The van der Waals surface area contributed by atoms with Crippen LogP contribution in [0, 0.1) is 0 Å². The molecule has 2 aliphatic heterocycles. The van der Waals surface area contributed by atoms with Crippen molar-refractivity contribution in [2.75, 3.05) is 11.9 Å². The number of rotatable bonds is 3. The number of hydrogen-bond acceptors (Lipinski definition) is 4. The zero-order chi connectivity index (χ0) is 21.6. The molecule has 0 aromatic heterocycles. The Morgan fingerprint density at radius 2 is 1.80 bits per heavy atom. The van der Waals surface area contributed by atoms with Crippen LogP contribution in [-0.4, -0.2) is 28.6 Å². The molecule has 0 radical (unpaired) electrons. The van der Waals surface area contributed by atoms with Crippen molar-refractivity contribution >= 4 is 51.8 Å². The predicted octanol–water partition coefficient (Wildman–Crippen LogP) is 6.21. The maximum atomic E-state index is 12.9. The maximum Gasteiger partial charge on any atom is 0.293 e. The van der Waals surface area contributed by atoms with Gasteiger partial charge in [-0.15, -0.1) is 0 Å². The zero-order valence-electron chi connectivity index (χ0n) is 17.4. The Morgan fingerprint density at radius 3 is 2.50 bits per heavy atom. The summed E-state index contributed by atoms with van der Waals surface area (Å²) in [5, 5.41) is 0.371. The minimum atomic E-state index is -0.261. The van der Waals surface area contributed by atoms with Crippen LogP contribution in [0.15, 0.2) is 53.4 Å². The quantitative estimate of drug-likeness (QED) is 0.534. The third-order valence-electron chi connectivity index (χ3n) is 5.67. The molecule has 0 atom stereocenters. The largest absolute Gasteiger partial charge is 0.366 e. The van der Waals surface area contributed by atoms with Gasteiger partial charge in [-0.25, -0.2) is 0 Å². The van der Waals surface area contributed by atoms with Gasteiger partial charge in [0.05, 0.1) is 17.0 Å². The summed E-state index contributed by atoms with van der Waals surface area (Å²) in [6, 6.07) is 13.3. The van der Waals surface area contributed by atoms with Gasteiger partial charge in [0.25, 0.3) is 11.1 Å². The molecule has 1 saturated heterocycles. The lowest BCUT2D eigenvalue weighted by atomic mass is 9.88. The molecule has 2 aliphatic rings. The molecular weight excluding hydrogens is 416 g/mol. The first-order valence-corrected chi connectivity index (χ1v) is 10.9. The van der Waals surface area contributed by atoms with Crippen LogP contribution in [0.25, 0.3) is 11.6 Å². The third-order valence-corrected chi connectivity index (χ3v) is 6.83. The van der Waals surface area contributed by atoms with Crippen LogP contribution in [0.3, 0.4) is 0 Å². The lowest BCUT2D eigenvalue weighted by molar-refractivity contribution is -0.123. The van der Waals surface area contributed by atoms with Crippen molar-refractivity contribution < 1.29 is 9.59 Å². The van der Waals surface area contributed by atoms with Crippen molar-refractivity contribution in [3.8, 4) is 0 Å². The molecule has 0 saturated carbocycles. The molecular formula is C24H23ClN2O2S. The molecule has 0 N–H and O–H groups in total. The van der Waals surface area contributed by atoms with Gasteiger partial charge in [0, 0.05) is 23.3 Å². The SMILES string of the molecule is CC1=CC(C)(C)N(C)c2ccc(/C=C3/SC(=O)N(Cc4ccc(Cl)cc4)C3=O)cc21. The number of halogens is 1. The Hall–Kier alpha value is -2.50. The Labute approximate surface area is 186 Å². The summed E-state index contributed by atoms with van der Waals surface area (Å²) in [7, 11) is 2.09. The number of amides is 2.